The first-order valence-corrected chi connectivity index (χ1v) is 7.92. The van der Waals surface area contributed by atoms with Crippen molar-refractivity contribution in [3.05, 3.63) is 76.9 Å². The second kappa shape index (κ2) is 8.67. The summed E-state index contributed by atoms with van der Waals surface area (Å²) in [6, 6.07) is 16.0. The zero-order valence-electron chi connectivity index (χ0n) is 14.9. The third-order valence-electron chi connectivity index (χ3n) is 3.90. The molecule has 0 atom stereocenters. The maximum Gasteiger partial charge on any atom is 0.338 e. The minimum atomic E-state index is -1.20. The van der Waals surface area contributed by atoms with Crippen molar-refractivity contribution in [1.82, 2.24) is 0 Å². The molecule has 0 saturated heterocycles. The number of esters is 1. The Morgan fingerprint density at radius 3 is 2.08 bits per heavy atom. The number of ether oxygens (including phenoxy) is 2. The number of hydrogen-bond donors (Lipinski definition) is 1. The van der Waals surface area contributed by atoms with E-state index in [2.05, 4.69) is 0 Å². The van der Waals surface area contributed by atoms with Crippen molar-refractivity contribution in [2.75, 3.05) is 14.2 Å². The van der Waals surface area contributed by atoms with Crippen LogP contribution in [0.25, 0.3) is 11.6 Å². The van der Waals surface area contributed by atoms with Gasteiger partial charge in [-0.05, 0) is 41.8 Å². The third kappa shape index (κ3) is 4.39. The molecule has 0 radical (unpaired) electrons. The summed E-state index contributed by atoms with van der Waals surface area (Å²) >= 11 is 0. The van der Waals surface area contributed by atoms with Crippen LogP contribution >= 0.6 is 0 Å². The van der Waals surface area contributed by atoms with E-state index in [4.69, 9.17) is 9.47 Å². The van der Waals surface area contributed by atoms with Crippen LogP contribution in [0.3, 0.4) is 0 Å². The van der Waals surface area contributed by atoms with E-state index in [1.165, 1.54) is 13.2 Å². The average Bonchev–Trinajstić information content (AvgIpc) is 2.67. The van der Waals surface area contributed by atoms with E-state index in [-0.39, 0.29) is 11.1 Å². The van der Waals surface area contributed by atoms with Crippen LogP contribution in [0.15, 0.2) is 65.7 Å². The SMILES string of the molecule is COC(=O)C(=C/c1ccc(OC)cc1)/C(C(=O)O)=C(/C)c1ccccc1. The maximum atomic E-state index is 12.3. The highest BCUT2D eigenvalue weighted by molar-refractivity contribution is 6.13. The molecule has 0 amide bonds. The summed E-state index contributed by atoms with van der Waals surface area (Å²) in [5.74, 6) is -1.25. The number of benzene rings is 2. The number of allylic oxidation sites excluding steroid dienone is 1. The van der Waals surface area contributed by atoms with E-state index >= 15 is 0 Å². The lowest BCUT2D eigenvalue weighted by molar-refractivity contribution is -0.138. The Labute approximate surface area is 152 Å². The maximum absolute atomic E-state index is 12.3. The van der Waals surface area contributed by atoms with Crippen LogP contribution in [0.5, 0.6) is 5.75 Å². The smallest absolute Gasteiger partial charge is 0.338 e. The van der Waals surface area contributed by atoms with Crippen LogP contribution in [0.1, 0.15) is 18.1 Å². The molecule has 0 fully saturated rings. The second-order valence-electron chi connectivity index (χ2n) is 5.49. The van der Waals surface area contributed by atoms with Crippen LogP contribution in [0.2, 0.25) is 0 Å². The first-order chi connectivity index (χ1) is 12.5. The molecule has 5 nitrogen and oxygen atoms in total. The zero-order chi connectivity index (χ0) is 19.1. The van der Waals surface area contributed by atoms with Crippen LogP contribution in [-0.4, -0.2) is 31.3 Å². The highest BCUT2D eigenvalue weighted by Gasteiger charge is 2.24. The molecule has 0 saturated carbocycles. The monoisotopic (exact) mass is 352 g/mol. The van der Waals surface area contributed by atoms with Gasteiger partial charge in [-0.25, -0.2) is 9.59 Å². The average molecular weight is 352 g/mol. The number of methoxy groups -OCH3 is 2. The number of carbonyl (C=O) groups excluding carboxylic acids is 1. The quantitative estimate of drug-likeness (QED) is 0.486. The number of carboxylic acids is 1. The molecule has 2 aromatic rings. The van der Waals surface area contributed by atoms with Crippen molar-refractivity contribution in [1.29, 1.82) is 0 Å². The van der Waals surface area contributed by atoms with Crippen molar-refractivity contribution in [3.63, 3.8) is 0 Å². The van der Waals surface area contributed by atoms with Gasteiger partial charge in [0.1, 0.15) is 5.75 Å². The van der Waals surface area contributed by atoms with Crippen LogP contribution in [-0.2, 0) is 14.3 Å². The molecule has 26 heavy (non-hydrogen) atoms. The van der Waals surface area contributed by atoms with Crippen molar-refractivity contribution in [3.8, 4) is 5.75 Å². The predicted molar refractivity (Wildman–Crippen MR) is 99.7 cm³/mol. The van der Waals surface area contributed by atoms with E-state index < -0.39 is 11.9 Å². The van der Waals surface area contributed by atoms with E-state index in [0.29, 0.717) is 16.9 Å². The Balaban J connectivity index is 2.63. The molecular formula is C21H20O5. The Hall–Kier alpha value is -3.34. The molecule has 0 aliphatic rings. The molecule has 0 heterocycles. The lowest BCUT2D eigenvalue weighted by atomic mass is 9.94. The molecule has 0 aliphatic carbocycles. The van der Waals surface area contributed by atoms with Gasteiger partial charge in [0.15, 0.2) is 0 Å². The van der Waals surface area contributed by atoms with Gasteiger partial charge in [-0.15, -0.1) is 0 Å². The molecule has 1 N–H and O–H groups in total. The van der Waals surface area contributed by atoms with E-state index in [1.54, 1.807) is 50.4 Å². The van der Waals surface area contributed by atoms with Gasteiger partial charge in [-0.1, -0.05) is 42.5 Å². The van der Waals surface area contributed by atoms with Gasteiger partial charge in [0.25, 0.3) is 0 Å². The fourth-order valence-electron chi connectivity index (χ4n) is 2.52. The van der Waals surface area contributed by atoms with Crippen molar-refractivity contribution >= 4 is 23.6 Å². The van der Waals surface area contributed by atoms with Gasteiger partial charge in [0.2, 0.25) is 0 Å². The van der Waals surface area contributed by atoms with Crippen LogP contribution in [0, 0.1) is 0 Å². The standard InChI is InChI=1S/C21H20O5/c1-14(16-7-5-4-6-8-16)19(20(22)23)18(21(24)26-3)13-15-9-11-17(25-2)12-10-15/h4-13H,1-3H3,(H,22,23)/b18-13+,19-14+. The lowest BCUT2D eigenvalue weighted by Crippen LogP contribution is -2.15. The molecule has 2 aromatic carbocycles. The van der Waals surface area contributed by atoms with Gasteiger partial charge < -0.3 is 14.6 Å². The van der Waals surface area contributed by atoms with E-state index in [0.717, 1.165) is 5.56 Å². The molecule has 2 rings (SSSR count). The van der Waals surface area contributed by atoms with Gasteiger partial charge in [0, 0.05) is 0 Å². The summed E-state index contributed by atoms with van der Waals surface area (Å²) in [5.41, 5.74) is 1.73. The molecule has 5 heteroatoms. The number of rotatable bonds is 6. The molecular weight excluding hydrogens is 332 g/mol. The summed E-state index contributed by atoms with van der Waals surface area (Å²) in [4.78, 5) is 24.2. The Morgan fingerprint density at radius 1 is 0.962 bits per heavy atom. The number of hydrogen-bond acceptors (Lipinski definition) is 4. The molecule has 0 aliphatic heterocycles. The van der Waals surface area contributed by atoms with Crippen molar-refractivity contribution in [2.24, 2.45) is 0 Å². The lowest BCUT2D eigenvalue weighted by Gasteiger charge is -2.12. The minimum Gasteiger partial charge on any atom is -0.497 e. The molecule has 0 unspecified atom stereocenters. The first-order valence-electron chi connectivity index (χ1n) is 7.92. The summed E-state index contributed by atoms with van der Waals surface area (Å²) in [6.45, 7) is 1.67. The Morgan fingerprint density at radius 2 is 1.58 bits per heavy atom. The third-order valence-corrected chi connectivity index (χ3v) is 3.90. The first kappa shape index (κ1) is 19.0. The largest absolute Gasteiger partial charge is 0.497 e. The van der Waals surface area contributed by atoms with Crippen molar-refractivity contribution in [2.45, 2.75) is 6.92 Å². The fourth-order valence-corrected chi connectivity index (χ4v) is 2.52. The highest BCUT2D eigenvalue weighted by Crippen LogP contribution is 2.27. The Kier molecular flexibility index (Phi) is 6.33. The predicted octanol–water partition coefficient (Wildman–Crippen LogP) is 3.81. The summed E-state index contributed by atoms with van der Waals surface area (Å²) in [6.07, 6.45) is 1.50. The van der Waals surface area contributed by atoms with Crippen molar-refractivity contribution < 1.29 is 24.2 Å². The number of carboxylic acid groups (broad SMARTS) is 1. The summed E-state index contributed by atoms with van der Waals surface area (Å²) in [7, 11) is 2.78. The van der Waals surface area contributed by atoms with Gasteiger partial charge in [-0.3, -0.25) is 0 Å². The van der Waals surface area contributed by atoms with E-state index in [9.17, 15) is 14.7 Å². The topological polar surface area (TPSA) is 72.8 Å². The summed E-state index contributed by atoms with van der Waals surface area (Å²) in [5, 5.41) is 9.75. The summed E-state index contributed by atoms with van der Waals surface area (Å²) < 4.78 is 9.93. The minimum absolute atomic E-state index is 0.0217. The second-order valence-corrected chi connectivity index (χ2v) is 5.49. The normalized spacial score (nSPS) is 12.2. The van der Waals surface area contributed by atoms with Gasteiger partial charge in [0.05, 0.1) is 25.4 Å². The fraction of sp³-hybridized carbons (Fsp3) is 0.143. The molecule has 0 aromatic heterocycles. The molecule has 0 spiro atoms. The van der Waals surface area contributed by atoms with Gasteiger partial charge in [-0.2, -0.15) is 0 Å². The molecule has 134 valence electrons. The number of aliphatic carboxylic acids is 1. The molecule has 0 bridgehead atoms. The van der Waals surface area contributed by atoms with Crippen LogP contribution in [0.4, 0.5) is 0 Å². The van der Waals surface area contributed by atoms with Crippen LogP contribution < -0.4 is 4.74 Å². The number of carbonyl (C=O) groups is 2. The van der Waals surface area contributed by atoms with Gasteiger partial charge >= 0.3 is 11.9 Å². The Bertz CT molecular complexity index is 846. The van der Waals surface area contributed by atoms with E-state index in [1.807, 2.05) is 18.2 Å². The highest BCUT2D eigenvalue weighted by atomic mass is 16.5. The zero-order valence-corrected chi connectivity index (χ0v) is 14.9.